The molecule has 1 heterocycles. The second-order valence-electron chi connectivity index (χ2n) is 4.72. The Bertz CT molecular complexity index is 740. The summed E-state index contributed by atoms with van der Waals surface area (Å²) in [4.78, 5) is 28.0. The number of hydrogen-bond donors (Lipinski definition) is 0. The van der Waals surface area contributed by atoms with E-state index in [0.29, 0.717) is 10.4 Å². The first-order valence-electron chi connectivity index (χ1n) is 6.20. The van der Waals surface area contributed by atoms with E-state index < -0.39 is 0 Å². The van der Waals surface area contributed by atoms with Crippen LogP contribution in [0.5, 0.6) is 0 Å². The molecule has 1 amide bonds. The summed E-state index contributed by atoms with van der Waals surface area (Å²) in [7, 11) is 3.20. The van der Waals surface area contributed by atoms with Crippen LogP contribution in [-0.2, 0) is 16.6 Å². The quantitative estimate of drug-likeness (QED) is 0.796. The minimum atomic E-state index is -0.375. The van der Waals surface area contributed by atoms with Crippen molar-refractivity contribution in [2.24, 2.45) is 18.0 Å². The van der Waals surface area contributed by atoms with Crippen LogP contribution in [0.2, 0.25) is 0 Å². The second-order valence-corrected chi connectivity index (χ2v) is 5.73. The lowest BCUT2D eigenvalue weighted by molar-refractivity contribution is -0.120. The number of thiazole rings is 1. The van der Waals surface area contributed by atoms with E-state index in [0.717, 1.165) is 10.2 Å². The van der Waals surface area contributed by atoms with Crippen LogP contribution in [0.4, 0.5) is 0 Å². The Balaban J connectivity index is 2.58. The average Bonchev–Trinajstić information content (AvgIpc) is 2.73. The number of aromatic nitrogens is 1. The number of rotatable bonds is 2. The van der Waals surface area contributed by atoms with Crippen molar-refractivity contribution in [3.63, 3.8) is 0 Å². The number of ether oxygens (including phenoxy) is 1. The zero-order valence-corrected chi connectivity index (χ0v) is 12.7. The zero-order valence-electron chi connectivity index (χ0n) is 11.8. The van der Waals surface area contributed by atoms with Gasteiger partial charge in [0.2, 0.25) is 0 Å². The highest BCUT2D eigenvalue weighted by Crippen LogP contribution is 2.19. The van der Waals surface area contributed by atoms with E-state index in [4.69, 9.17) is 4.74 Å². The maximum Gasteiger partial charge on any atom is 0.337 e. The number of carbonyl (C=O) groups is 2. The minimum Gasteiger partial charge on any atom is -0.465 e. The van der Waals surface area contributed by atoms with Crippen molar-refractivity contribution in [2.75, 3.05) is 7.11 Å². The summed E-state index contributed by atoms with van der Waals surface area (Å²) in [6, 6.07) is 5.29. The fourth-order valence-corrected chi connectivity index (χ4v) is 2.77. The third-order valence-corrected chi connectivity index (χ3v) is 4.02. The predicted molar refractivity (Wildman–Crippen MR) is 77.5 cm³/mol. The van der Waals surface area contributed by atoms with E-state index in [1.54, 1.807) is 12.1 Å². The van der Waals surface area contributed by atoms with Crippen molar-refractivity contribution in [3.05, 3.63) is 28.6 Å². The molecule has 0 unspecified atom stereocenters. The fourth-order valence-electron chi connectivity index (χ4n) is 1.71. The molecule has 6 heteroatoms. The zero-order chi connectivity index (χ0) is 14.9. The minimum absolute atomic E-state index is 0.133. The lowest BCUT2D eigenvalue weighted by Gasteiger charge is -1.99. The number of carbonyl (C=O) groups excluding carboxylic acids is 2. The molecule has 0 fully saturated rings. The van der Waals surface area contributed by atoms with Gasteiger partial charge in [-0.2, -0.15) is 4.99 Å². The van der Waals surface area contributed by atoms with E-state index in [9.17, 15) is 9.59 Å². The maximum atomic E-state index is 11.7. The van der Waals surface area contributed by atoms with E-state index in [1.165, 1.54) is 18.4 Å². The number of hydrogen-bond acceptors (Lipinski definition) is 4. The molecule has 1 aromatic heterocycles. The first kappa shape index (κ1) is 14.5. The molecule has 0 aliphatic heterocycles. The van der Waals surface area contributed by atoms with Crippen molar-refractivity contribution in [1.29, 1.82) is 0 Å². The van der Waals surface area contributed by atoms with E-state index in [-0.39, 0.29) is 17.8 Å². The molecular formula is C14H16N2O3S. The molecule has 0 atom stereocenters. The van der Waals surface area contributed by atoms with Gasteiger partial charge in [0, 0.05) is 13.0 Å². The molecule has 1 aromatic carbocycles. The SMILES string of the molecule is COC(=O)c1ccc2c(c1)sc(=NC(=O)C(C)C)n2C. The number of benzene rings is 1. The van der Waals surface area contributed by atoms with Crippen LogP contribution >= 0.6 is 11.3 Å². The van der Waals surface area contributed by atoms with Gasteiger partial charge in [0.15, 0.2) is 4.80 Å². The molecule has 0 N–H and O–H groups in total. The summed E-state index contributed by atoms with van der Waals surface area (Å²) in [5.41, 5.74) is 1.42. The molecule has 0 saturated heterocycles. The Hall–Kier alpha value is -1.95. The van der Waals surface area contributed by atoms with Gasteiger partial charge in [-0.15, -0.1) is 0 Å². The molecule has 0 bridgehead atoms. The van der Waals surface area contributed by atoms with Gasteiger partial charge >= 0.3 is 5.97 Å². The fraction of sp³-hybridized carbons (Fsp3) is 0.357. The maximum absolute atomic E-state index is 11.7. The number of aryl methyl sites for hydroxylation is 1. The Morgan fingerprint density at radius 3 is 2.65 bits per heavy atom. The smallest absolute Gasteiger partial charge is 0.337 e. The van der Waals surface area contributed by atoms with Crippen molar-refractivity contribution in [3.8, 4) is 0 Å². The monoisotopic (exact) mass is 292 g/mol. The molecule has 106 valence electrons. The highest BCUT2D eigenvalue weighted by molar-refractivity contribution is 7.16. The summed E-state index contributed by atoms with van der Waals surface area (Å²) in [6.45, 7) is 3.63. The average molecular weight is 292 g/mol. The van der Waals surface area contributed by atoms with Gasteiger partial charge in [0.05, 0.1) is 22.9 Å². The van der Waals surface area contributed by atoms with Gasteiger partial charge in [-0.05, 0) is 18.2 Å². The lowest BCUT2D eigenvalue weighted by Crippen LogP contribution is -2.15. The van der Waals surface area contributed by atoms with Gasteiger partial charge in [0.25, 0.3) is 5.91 Å². The summed E-state index contributed by atoms with van der Waals surface area (Å²) in [6.07, 6.45) is 0. The van der Waals surface area contributed by atoms with Gasteiger partial charge in [-0.1, -0.05) is 25.2 Å². The largest absolute Gasteiger partial charge is 0.465 e. The van der Waals surface area contributed by atoms with Gasteiger partial charge in [-0.25, -0.2) is 4.79 Å². The first-order chi connectivity index (χ1) is 9.43. The predicted octanol–water partition coefficient (Wildman–Crippen LogP) is 2.11. The molecule has 20 heavy (non-hydrogen) atoms. The number of fused-ring (bicyclic) bond motifs is 1. The number of methoxy groups -OCH3 is 1. The van der Waals surface area contributed by atoms with Crippen molar-refractivity contribution >= 4 is 33.4 Å². The van der Waals surface area contributed by atoms with Crippen LogP contribution in [0.15, 0.2) is 23.2 Å². The molecule has 0 aliphatic rings. The molecule has 0 saturated carbocycles. The molecule has 2 rings (SSSR count). The Morgan fingerprint density at radius 1 is 1.35 bits per heavy atom. The number of amides is 1. The first-order valence-corrected chi connectivity index (χ1v) is 7.02. The van der Waals surface area contributed by atoms with Crippen LogP contribution < -0.4 is 4.80 Å². The molecule has 5 nitrogen and oxygen atoms in total. The highest BCUT2D eigenvalue weighted by atomic mass is 32.1. The summed E-state index contributed by atoms with van der Waals surface area (Å²) in [5, 5.41) is 0. The normalized spacial score (nSPS) is 12.2. The summed E-state index contributed by atoms with van der Waals surface area (Å²) >= 11 is 1.38. The third kappa shape index (κ3) is 2.65. The highest BCUT2D eigenvalue weighted by Gasteiger charge is 2.11. The summed E-state index contributed by atoms with van der Waals surface area (Å²) in [5.74, 6) is -0.661. The topological polar surface area (TPSA) is 60.7 Å². The van der Waals surface area contributed by atoms with Gasteiger partial charge in [0.1, 0.15) is 0 Å². The standard InChI is InChI=1S/C14H16N2O3S/c1-8(2)12(17)15-14-16(3)10-6-5-9(13(18)19-4)7-11(10)20-14/h5-8H,1-4H3. The Kier molecular flexibility index (Phi) is 4.04. The van der Waals surface area contributed by atoms with Crippen LogP contribution in [0.3, 0.4) is 0 Å². The molecule has 0 radical (unpaired) electrons. The van der Waals surface area contributed by atoms with Gasteiger partial charge in [-0.3, -0.25) is 4.79 Å². The second kappa shape index (κ2) is 5.58. The number of esters is 1. The Labute approximate surface area is 120 Å². The molecular weight excluding hydrogens is 276 g/mol. The molecule has 0 aliphatic carbocycles. The van der Waals surface area contributed by atoms with E-state index >= 15 is 0 Å². The van der Waals surface area contributed by atoms with Crippen molar-refractivity contribution in [1.82, 2.24) is 4.57 Å². The van der Waals surface area contributed by atoms with E-state index in [1.807, 2.05) is 31.5 Å². The lowest BCUT2D eigenvalue weighted by atomic mass is 10.2. The van der Waals surface area contributed by atoms with Crippen LogP contribution in [0.25, 0.3) is 10.2 Å². The van der Waals surface area contributed by atoms with Crippen LogP contribution in [0, 0.1) is 5.92 Å². The third-order valence-electron chi connectivity index (χ3n) is 2.93. The van der Waals surface area contributed by atoms with Crippen LogP contribution in [-0.4, -0.2) is 23.6 Å². The number of nitrogens with zero attached hydrogens (tertiary/aromatic N) is 2. The van der Waals surface area contributed by atoms with Crippen molar-refractivity contribution < 1.29 is 14.3 Å². The molecule has 0 spiro atoms. The van der Waals surface area contributed by atoms with Crippen LogP contribution in [0.1, 0.15) is 24.2 Å². The Morgan fingerprint density at radius 2 is 2.05 bits per heavy atom. The summed E-state index contributed by atoms with van der Waals surface area (Å²) < 4.78 is 7.44. The van der Waals surface area contributed by atoms with Crippen molar-refractivity contribution in [2.45, 2.75) is 13.8 Å². The van der Waals surface area contributed by atoms with Gasteiger partial charge < -0.3 is 9.30 Å². The molecule has 2 aromatic rings. The van der Waals surface area contributed by atoms with E-state index in [2.05, 4.69) is 4.99 Å².